The van der Waals surface area contributed by atoms with Crippen LogP contribution in [0.1, 0.15) is 27.6 Å². The molecule has 3 aromatic carbocycles. The Morgan fingerprint density at radius 3 is 1.65 bits per heavy atom. The van der Waals surface area contributed by atoms with Crippen molar-refractivity contribution < 1.29 is 33.3 Å². The van der Waals surface area contributed by atoms with Crippen molar-refractivity contribution in [2.75, 3.05) is 31.5 Å². The molecule has 2 amide bonds. The molecule has 0 aliphatic carbocycles. The Hall–Kier alpha value is -4.53. The lowest BCUT2D eigenvalue weighted by Crippen LogP contribution is -2.14. The molecule has 0 bridgehead atoms. The van der Waals surface area contributed by atoms with Gasteiger partial charge in [0.1, 0.15) is 17.2 Å². The number of rotatable bonds is 8. The topological polar surface area (TPSA) is 112 Å². The molecule has 0 fully saturated rings. The summed E-state index contributed by atoms with van der Waals surface area (Å²) in [4.78, 5) is 36.4. The van der Waals surface area contributed by atoms with Crippen molar-refractivity contribution >= 4 is 29.3 Å². The first kappa shape index (κ1) is 24.1. The molecular weight excluding hydrogens is 440 g/mol. The van der Waals surface area contributed by atoms with E-state index in [1.54, 1.807) is 49.4 Å². The van der Waals surface area contributed by atoms with Crippen LogP contribution in [0, 0.1) is 0 Å². The van der Waals surface area contributed by atoms with Gasteiger partial charge in [0.25, 0.3) is 11.8 Å². The monoisotopic (exact) mass is 464 g/mol. The summed E-state index contributed by atoms with van der Waals surface area (Å²) >= 11 is 0. The first-order valence-electron chi connectivity index (χ1n) is 10.3. The molecule has 0 unspecified atom stereocenters. The summed E-state index contributed by atoms with van der Waals surface area (Å²) in [6, 6.07) is 17.6. The number of carbonyl (C=O) groups is 3. The molecular formula is C25H24N2O7. The smallest absolute Gasteiger partial charge is 0.497 e. The number of nitrogens with one attached hydrogen (secondary N) is 2. The van der Waals surface area contributed by atoms with Gasteiger partial charge in [-0.25, -0.2) is 4.79 Å². The molecule has 3 aromatic rings. The number of benzene rings is 3. The van der Waals surface area contributed by atoms with Crippen molar-refractivity contribution in [1.29, 1.82) is 0 Å². The number of methoxy groups -OCH3 is 2. The lowest BCUT2D eigenvalue weighted by molar-refractivity contribution is 0.101. The number of anilines is 2. The van der Waals surface area contributed by atoms with Gasteiger partial charge in [0.05, 0.1) is 20.8 Å². The van der Waals surface area contributed by atoms with Crippen LogP contribution < -0.4 is 24.8 Å². The maximum atomic E-state index is 12.6. The Morgan fingerprint density at radius 2 is 1.18 bits per heavy atom. The number of carbonyl (C=O) groups excluding carboxylic acids is 3. The predicted octanol–water partition coefficient (Wildman–Crippen LogP) is 4.74. The van der Waals surface area contributed by atoms with E-state index < -0.39 is 6.16 Å². The summed E-state index contributed by atoms with van der Waals surface area (Å²) in [5.41, 5.74) is 1.84. The normalized spacial score (nSPS) is 10.1. The van der Waals surface area contributed by atoms with Crippen LogP contribution in [-0.2, 0) is 4.74 Å². The first-order valence-corrected chi connectivity index (χ1v) is 10.3. The SMILES string of the molecule is CCOC(=O)Oc1ccc(C(=O)Nc2ccc(NC(=O)c3cc(OC)cc(OC)c3)cc2)cc1. The van der Waals surface area contributed by atoms with Crippen LogP contribution in [-0.4, -0.2) is 38.8 Å². The predicted molar refractivity (Wildman–Crippen MR) is 126 cm³/mol. The highest BCUT2D eigenvalue weighted by Crippen LogP contribution is 2.24. The van der Waals surface area contributed by atoms with E-state index in [9.17, 15) is 14.4 Å². The van der Waals surface area contributed by atoms with E-state index in [4.69, 9.17) is 18.9 Å². The Morgan fingerprint density at radius 1 is 0.676 bits per heavy atom. The minimum Gasteiger partial charge on any atom is -0.497 e. The lowest BCUT2D eigenvalue weighted by atomic mass is 10.1. The molecule has 0 saturated heterocycles. The van der Waals surface area contributed by atoms with E-state index in [2.05, 4.69) is 10.6 Å². The molecule has 3 rings (SSSR count). The van der Waals surface area contributed by atoms with Gasteiger partial charge in [-0.05, 0) is 67.6 Å². The van der Waals surface area contributed by atoms with Gasteiger partial charge in [-0.1, -0.05) is 0 Å². The van der Waals surface area contributed by atoms with Crippen LogP contribution in [0.5, 0.6) is 17.2 Å². The quantitative estimate of drug-likeness (QED) is 0.366. The number of ether oxygens (including phenoxy) is 4. The minimum atomic E-state index is -0.808. The van der Waals surface area contributed by atoms with Crippen molar-refractivity contribution in [3.8, 4) is 17.2 Å². The van der Waals surface area contributed by atoms with E-state index in [0.29, 0.717) is 34.0 Å². The van der Waals surface area contributed by atoms with Gasteiger partial charge in [-0.2, -0.15) is 0 Å². The van der Waals surface area contributed by atoms with Crippen LogP contribution in [0.3, 0.4) is 0 Å². The zero-order valence-corrected chi connectivity index (χ0v) is 18.9. The second-order valence-corrected chi connectivity index (χ2v) is 6.90. The summed E-state index contributed by atoms with van der Waals surface area (Å²) in [6.07, 6.45) is -0.808. The van der Waals surface area contributed by atoms with Gasteiger partial charge in [0.2, 0.25) is 0 Å². The van der Waals surface area contributed by atoms with E-state index in [1.165, 1.54) is 38.5 Å². The third kappa shape index (κ3) is 6.49. The van der Waals surface area contributed by atoms with Gasteiger partial charge in [0.15, 0.2) is 0 Å². The van der Waals surface area contributed by atoms with Crippen molar-refractivity contribution in [2.45, 2.75) is 6.92 Å². The highest BCUT2D eigenvalue weighted by Gasteiger charge is 2.12. The third-order valence-electron chi connectivity index (χ3n) is 4.59. The number of amides is 2. The molecule has 0 heterocycles. The van der Waals surface area contributed by atoms with Crippen molar-refractivity contribution in [1.82, 2.24) is 0 Å². The lowest BCUT2D eigenvalue weighted by Gasteiger charge is -2.10. The van der Waals surface area contributed by atoms with Crippen LogP contribution in [0.4, 0.5) is 16.2 Å². The van der Waals surface area contributed by atoms with E-state index in [0.717, 1.165) is 0 Å². The largest absolute Gasteiger partial charge is 0.513 e. The van der Waals surface area contributed by atoms with E-state index in [1.807, 2.05) is 0 Å². The molecule has 9 nitrogen and oxygen atoms in total. The third-order valence-corrected chi connectivity index (χ3v) is 4.59. The van der Waals surface area contributed by atoms with Crippen LogP contribution in [0.2, 0.25) is 0 Å². The van der Waals surface area contributed by atoms with Crippen molar-refractivity contribution in [3.05, 3.63) is 77.9 Å². The highest BCUT2D eigenvalue weighted by atomic mass is 16.7. The Labute approximate surface area is 196 Å². The summed E-state index contributed by atoms with van der Waals surface area (Å²) in [5, 5.41) is 5.55. The van der Waals surface area contributed by atoms with Crippen LogP contribution in [0.25, 0.3) is 0 Å². The second-order valence-electron chi connectivity index (χ2n) is 6.90. The summed E-state index contributed by atoms with van der Waals surface area (Å²) < 4.78 is 20.1. The average Bonchev–Trinajstić information content (AvgIpc) is 2.85. The Bertz CT molecular complexity index is 1140. The molecule has 0 atom stereocenters. The average molecular weight is 464 g/mol. The molecule has 0 spiro atoms. The fourth-order valence-corrected chi connectivity index (χ4v) is 2.90. The summed E-state index contributed by atoms with van der Waals surface area (Å²) in [6.45, 7) is 1.88. The molecule has 0 radical (unpaired) electrons. The van der Waals surface area contributed by atoms with E-state index in [-0.39, 0.29) is 24.2 Å². The highest BCUT2D eigenvalue weighted by molar-refractivity contribution is 6.06. The molecule has 34 heavy (non-hydrogen) atoms. The minimum absolute atomic E-state index is 0.206. The summed E-state index contributed by atoms with van der Waals surface area (Å²) in [5.74, 6) is 0.594. The van der Waals surface area contributed by atoms with E-state index >= 15 is 0 Å². The zero-order valence-electron chi connectivity index (χ0n) is 18.9. The van der Waals surface area contributed by atoms with Crippen LogP contribution in [0.15, 0.2) is 66.7 Å². The van der Waals surface area contributed by atoms with Crippen LogP contribution >= 0.6 is 0 Å². The second kappa shape index (κ2) is 11.4. The maximum absolute atomic E-state index is 12.6. The Balaban J connectivity index is 1.60. The molecule has 0 aliphatic heterocycles. The molecule has 9 heteroatoms. The zero-order chi connectivity index (χ0) is 24.5. The Kier molecular flexibility index (Phi) is 8.07. The fourth-order valence-electron chi connectivity index (χ4n) is 2.90. The van der Waals surface area contributed by atoms with Gasteiger partial charge >= 0.3 is 6.16 Å². The fraction of sp³-hybridized carbons (Fsp3) is 0.160. The molecule has 0 saturated carbocycles. The van der Waals surface area contributed by atoms with Crippen molar-refractivity contribution in [2.24, 2.45) is 0 Å². The summed E-state index contributed by atoms with van der Waals surface area (Å²) in [7, 11) is 3.02. The molecule has 0 aliphatic rings. The first-order chi connectivity index (χ1) is 16.4. The van der Waals surface area contributed by atoms with Gasteiger partial charge in [0, 0.05) is 28.6 Å². The molecule has 176 valence electrons. The number of hydrogen-bond acceptors (Lipinski definition) is 7. The number of hydrogen-bond donors (Lipinski definition) is 2. The van der Waals surface area contributed by atoms with Gasteiger partial charge < -0.3 is 29.6 Å². The van der Waals surface area contributed by atoms with Crippen molar-refractivity contribution in [3.63, 3.8) is 0 Å². The molecule has 2 N–H and O–H groups in total. The van der Waals surface area contributed by atoms with Gasteiger partial charge in [-0.3, -0.25) is 9.59 Å². The maximum Gasteiger partial charge on any atom is 0.513 e. The van der Waals surface area contributed by atoms with Gasteiger partial charge in [-0.15, -0.1) is 0 Å². The standard InChI is InChI=1S/C25H24N2O7/c1-4-33-25(30)34-20-11-5-16(6-12-20)23(28)26-18-7-9-19(10-8-18)27-24(29)17-13-21(31-2)15-22(14-17)32-3/h5-15H,4H2,1-3H3,(H,26,28)(H,27,29). The molecule has 0 aromatic heterocycles.